The molecular formula is C14H29Cl2N3O3. The fraction of sp³-hybridized carbons (Fsp3) is 0.929. The predicted octanol–water partition coefficient (Wildman–Crippen LogP) is 0.389. The van der Waals surface area contributed by atoms with Gasteiger partial charge in [-0.1, -0.05) is 0 Å². The molecule has 0 saturated carbocycles. The highest BCUT2D eigenvalue weighted by Crippen LogP contribution is 2.25. The summed E-state index contributed by atoms with van der Waals surface area (Å²) in [6, 6.07) is 0. The van der Waals surface area contributed by atoms with Crippen molar-refractivity contribution in [1.82, 2.24) is 15.1 Å². The Kier molecular flexibility index (Phi) is 10.6. The zero-order chi connectivity index (χ0) is 14.4. The van der Waals surface area contributed by atoms with Gasteiger partial charge in [0.1, 0.15) is 5.60 Å². The summed E-state index contributed by atoms with van der Waals surface area (Å²) < 4.78 is 10.7. The minimum atomic E-state index is -0.597. The number of hydrogen-bond donors (Lipinski definition) is 1. The van der Waals surface area contributed by atoms with E-state index in [9.17, 15) is 4.79 Å². The van der Waals surface area contributed by atoms with E-state index in [4.69, 9.17) is 9.47 Å². The summed E-state index contributed by atoms with van der Waals surface area (Å²) in [5.74, 6) is 0.174. The molecule has 0 bridgehead atoms. The first kappa shape index (κ1) is 21.9. The summed E-state index contributed by atoms with van der Waals surface area (Å²) in [6.07, 6.45) is 1.54. The summed E-state index contributed by atoms with van der Waals surface area (Å²) in [7, 11) is 3.39. The first-order valence-corrected chi connectivity index (χ1v) is 7.48. The molecular weight excluding hydrogens is 329 g/mol. The van der Waals surface area contributed by atoms with Crippen LogP contribution in [0.3, 0.4) is 0 Å². The first-order valence-electron chi connectivity index (χ1n) is 7.48. The second-order valence-corrected chi connectivity index (χ2v) is 5.58. The number of halogens is 2. The van der Waals surface area contributed by atoms with Gasteiger partial charge in [-0.15, -0.1) is 24.8 Å². The molecule has 2 aliphatic rings. The van der Waals surface area contributed by atoms with Crippen LogP contribution in [0.15, 0.2) is 0 Å². The number of amides is 1. The predicted molar refractivity (Wildman–Crippen MR) is 91.2 cm³/mol. The topological polar surface area (TPSA) is 54.0 Å². The summed E-state index contributed by atoms with van der Waals surface area (Å²) in [4.78, 5) is 17.1. The number of nitrogens with one attached hydrogen (secondary N) is 1. The van der Waals surface area contributed by atoms with Crippen LogP contribution in [0.25, 0.3) is 0 Å². The number of carbonyl (C=O) groups excluding carboxylic acids is 1. The fourth-order valence-corrected chi connectivity index (χ4v) is 3.02. The molecule has 0 aliphatic carbocycles. The molecule has 0 spiro atoms. The van der Waals surface area contributed by atoms with Gasteiger partial charge in [-0.25, -0.2) is 0 Å². The summed E-state index contributed by atoms with van der Waals surface area (Å²) in [6.45, 7) is 6.84. The molecule has 132 valence electrons. The van der Waals surface area contributed by atoms with Gasteiger partial charge in [-0.3, -0.25) is 9.69 Å². The van der Waals surface area contributed by atoms with Gasteiger partial charge in [0, 0.05) is 46.9 Å². The molecule has 0 aromatic heterocycles. The molecule has 0 unspecified atom stereocenters. The van der Waals surface area contributed by atoms with Gasteiger partial charge < -0.3 is 19.7 Å². The van der Waals surface area contributed by atoms with Gasteiger partial charge in [0.2, 0.25) is 0 Å². The smallest absolute Gasteiger partial charge is 0.254 e. The number of piperidine rings is 1. The van der Waals surface area contributed by atoms with Crippen molar-refractivity contribution in [1.29, 1.82) is 0 Å². The highest BCUT2D eigenvalue weighted by atomic mass is 35.5. The molecule has 1 amide bonds. The van der Waals surface area contributed by atoms with Gasteiger partial charge in [-0.2, -0.15) is 0 Å². The summed E-state index contributed by atoms with van der Waals surface area (Å²) in [5, 5.41) is 3.29. The molecule has 2 aliphatic heterocycles. The van der Waals surface area contributed by atoms with E-state index in [0.717, 1.165) is 65.3 Å². The zero-order valence-electron chi connectivity index (χ0n) is 13.5. The number of methoxy groups -OCH3 is 2. The second kappa shape index (κ2) is 10.6. The first-order chi connectivity index (χ1) is 9.72. The van der Waals surface area contributed by atoms with Crippen LogP contribution < -0.4 is 5.32 Å². The molecule has 6 nitrogen and oxygen atoms in total. The normalized spacial score (nSPS) is 21.6. The van der Waals surface area contributed by atoms with Gasteiger partial charge in [0.05, 0.1) is 6.61 Å². The highest BCUT2D eigenvalue weighted by Gasteiger charge is 2.42. The van der Waals surface area contributed by atoms with Crippen LogP contribution in [0, 0.1) is 0 Å². The Morgan fingerprint density at radius 2 is 1.68 bits per heavy atom. The van der Waals surface area contributed by atoms with E-state index < -0.39 is 5.60 Å². The van der Waals surface area contributed by atoms with Crippen LogP contribution in [0.5, 0.6) is 0 Å². The number of carbonyl (C=O) groups is 1. The molecule has 2 saturated heterocycles. The van der Waals surface area contributed by atoms with Crippen molar-refractivity contribution in [3.8, 4) is 0 Å². The Morgan fingerprint density at radius 1 is 1.09 bits per heavy atom. The standard InChI is InChI=1S/C14H27N3O3.2ClH/c1-19-12-11-16-7-9-17(10-8-16)13(18)14(20-2)3-5-15-6-4-14;;/h15H,3-12H2,1-2H3;2*1H. The van der Waals surface area contributed by atoms with E-state index in [1.165, 1.54) is 0 Å². The van der Waals surface area contributed by atoms with Crippen molar-refractivity contribution in [2.24, 2.45) is 0 Å². The number of piperazine rings is 1. The van der Waals surface area contributed by atoms with Crippen LogP contribution in [0.4, 0.5) is 0 Å². The van der Waals surface area contributed by atoms with Crippen LogP contribution in [0.2, 0.25) is 0 Å². The van der Waals surface area contributed by atoms with Crippen molar-refractivity contribution in [2.45, 2.75) is 18.4 Å². The maximum absolute atomic E-state index is 12.8. The molecule has 8 heteroatoms. The van der Waals surface area contributed by atoms with Crippen molar-refractivity contribution >= 4 is 30.7 Å². The summed E-state index contributed by atoms with van der Waals surface area (Å²) >= 11 is 0. The molecule has 2 rings (SSSR count). The van der Waals surface area contributed by atoms with E-state index in [-0.39, 0.29) is 30.7 Å². The lowest BCUT2D eigenvalue weighted by Crippen LogP contribution is -2.59. The van der Waals surface area contributed by atoms with Crippen LogP contribution >= 0.6 is 24.8 Å². The van der Waals surface area contributed by atoms with E-state index in [1.807, 2.05) is 4.90 Å². The summed E-state index contributed by atoms with van der Waals surface area (Å²) in [5.41, 5.74) is -0.597. The molecule has 2 heterocycles. The molecule has 2 fully saturated rings. The lowest BCUT2D eigenvalue weighted by Gasteiger charge is -2.42. The average molecular weight is 358 g/mol. The SMILES string of the molecule is COCCN1CCN(C(=O)C2(OC)CCNCC2)CC1.Cl.Cl. The van der Waals surface area contributed by atoms with Gasteiger partial charge in [0.25, 0.3) is 5.91 Å². The van der Waals surface area contributed by atoms with Crippen molar-refractivity contribution < 1.29 is 14.3 Å². The lowest BCUT2D eigenvalue weighted by atomic mass is 9.90. The largest absolute Gasteiger partial charge is 0.383 e. The molecule has 22 heavy (non-hydrogen) atoms. The second-order valence-electron chi connectivity index (χ2n) is 5.58. The van der Waals surface area contributed by atoms with Crippen molar-refractivity contribution in [3.05, 3.63) is 0 Å². The van der Waals surface area contributed by atoms with Crippen LogP contribution in [-0.4, -0.2) is 87.9 Å². The zero-order valence-corrected chi connectivity index (χ0v) is 15.1. The number of hydrogen-bond acceptors (Lipinski definition) is 5. The van der Waals surface area contributed by atoms with Gasteiger partial charge >= 0.3 is 0 Å². The van der Waals surface area contributed by atoms with Gasteiger partial charge in [-0.05, 0) is 25.9 Å². The van der Waals surface area contributed by atoms with Crippen LogP contribution in [-0.2, 0) is 14.3 Å². The molecule has 1 N–H and O–H groups in total. The van der Waals surface area contributed by atoms with E-state index >= 15 is 0 Å². The number of ether oxygens (including phenoxy) is 2. The Morgan fingerprint density at radius 3 is 2.18 bits per heavy atom. The molecule has 0 atom stereocenters. The van der Waals surface area contributed by atoms with Gasteiger partial charge in [0.15, 0.2) is 0 Å². The molecule has 0 radical (unpaired) electrons. The molecule has 0 aromatic rings. The molecule has 0 aromatic carbocycles. The highest BCUT2D eigenvalue weighted by molar-refractivity contribution is 5.86. The minimum absolute atomic E-state index is 0. The third-order valence-corrected chi connectivity index (χ3v) is 4.46. The van der Waals surface area contributed by atoms with E-state index in [1.54, 1.807) is 14.2 Å². The Hall–Kier alpha value is -0.110. The maximum atomic E-state index is 12.8. The Balaban J connectivity index is 0.00000220. The van der Waals surface area contributed by atoms with Crippen molar-refractivity contribution in [3.63, 3.8) is 0 Å². The lowest BCUT2D eigenvalue weighted by molar-refractivity contribution is -0.160. The van der Waals surface area contributed by atoms with E-state index in [2.05, 4.69) is 10.2 Å². The third kappa shape index (κ3) is 5.22. The minimum Gasteiger partial charge on any atom is -0.383 e. The fourth-order valence-electron chi connectivity index (χ4n) is 3.02. The quantitative estimate of drug-likeness (QED) is 0.771. The van der Waals surface area contributed by atoms with Crippen molar-refractivity contribution in [2.75, 3.05) is 66.6 Å². The monoisotopic (exact) mass is 357 g/mol. The average Bonchev–Trinajstić information content (AvgIpc) is 2.53. The maximum Gasteiger partial charge on any atom is 0.254 e. The van der Waals surface area contributed by atoms with Crippen LogP contribution in [0.1, 0.15) is 12.8 Å². The van der Waals surface area contributed by atoms with E-state index in [0.29, 0.717) is 0 Å². The Bertz CT molecular complexity index is 320. The third-order valence-electron chi connectivity index (χ3n) is 4.46. The number of nitrogens with zero attached hydrogens (tertiary/aromatic N) is 2. The number of rotatable bonds is 5. The Labute approximate surface area is 145 Å².